The Morgan fingerprint density at radius 1 is 1.30 bits per heavy atom. The van der Waals surface area contributed by atoms with E-state index in [1.165, 1.54) is 12.8 Å². The van der Waals surface area contributed by atoms with Crippen LogP contribution in [0.15, 0.2) is 12.3 Å². The molecule has 1 N–H and O–H groups in total. The van der Waals surface area contributed by atoms with Crippen LogP contribution in [0.2, 0.25) is 0 Å². The van der Waals surface area contributed by atoms with Gasteiger partial charge in [-0.15, -0.1) is 0 Å². The number of rotatable bonds is 4. The van der Waals surface area contributed by atoms with Crippen molar-refractivity contribution in [1.29, 1.82) is 0 Å². The topological polar surface area (TPSA) is 84.9 Å². The number of nitrogens with zero attached hydrogens (tertiary/aromatic N) is 2. The molecule has 0 radical (unpaired) electrons. The Hall–Kier alpha value is -2.24. The van der Waals surface area contributed by atoms with Gasteiger partial charge in [0.15, 0.2) is 18.1 Å². The minimum atomic E-state index is -0.559. The summed E-state index contributed by atoms with van der Waals surface area (Å²) < 4.78 is 5.25. The molecule has 3 atom stereocenters. The number of aromatic amines is 1. The SMILES string of the molecule is Cc1nc(C(=O)OCC(=O)C2CC3CCC2C3)c2cc[nH]c2n1. The molecule has 2 aromatic heterocycles. The number of aryl methyl sites for hydroxylation is 1. The summed E-state index contributed by atoms with van der Waals surface area (Å²) in [6.45, 7) is 1.57. The summed E-state index contributed by atoms with van der Waals surface area (Å²) in [5.41, 5.74) is 0.818. The first-order chi connectivity index (χ1) is 11.1. The van der Waals surface area contributed by atoms with Gasteiger partial charge >= 0.3 is 5.97 Å². The summed E-state index contributed by atoms with van der Waals surface area (Å²) in [5, 5.41) is 0.618. The van der Waals surface area contributed by atoms with Gasteiger partial charge in [0.2, 0.25) is 0 Å². The maximum atomic E-state index is 12.3. The Morgan fingerprint density at radius 3 is 2.91 bits per heavy atom. The predicted molar refractivity (Wildman–Crippen MR) is 82.9 cm³/mol. The summed E-state index contributed by atoms with van der Waals surface area (Å²) in [4.78, 5) is 36.0. The van der Waals surface area contributed by atoms with Crippen molar-refractivity contribution >= 4 is 22.8 Å². The molecule has 0 amide bonds. The number of aromatic nitrogens is 3. The number of nitrogens with one attached hydrogen (secondary N) is 1. The van der Waals surface area contributed by atoms with E-state index in [9.17, 15) is 9.59 Å². The fourth-order valence-corrected chi connectivity index (χ4v) is 4.16. The molecule has 23 heavy (non-hydrogen) atoms. The van der Waals surface area contributed by atoms with Crippen molar-refractivity contribution in [3.8, 4) is 0 Å². The number of carbonyl (C=O) groups excluding carboxylic acids is 2. The number of ether oxygens (including phenoxy) is 1. The molecule has 0 spiro atoms. The first-order valence-corrected chi connectivity index (χ1v) is 8.13. The summed E-state index contributed by atoms with van der Waals surface area (Å²) in [5.74, 6) is 1.28. The molecule has 6 nitrogen and oxygen atoms in total. The third-order valence-corrected chi connectivity index (χ3v) is 5.22. The van der Waals surface area contributed by atoms with Crippen molar-refractivity contribution in [1.82, 2.24) is 15.0 Å². The van der Waals surface area contributed by atoms with Gasteiger partial charge in [-0.3, -0.25) is 4.79 Å². The first kappa shape index (κ1) is 14.4. The van der Waals surface area contributed by atoms with Gasteiger partial charge in [0.25, 0.3) is 0 Å². The summed E-state index contributed by atoms with van der Waals surface area (Å²) in [6, 6.07) is 1.74. The number of esters is 1. The molecule has 6 heteroatoms. The van der Waals surface area contributed by atoms with Crippen molar-refractivity contribution < 1.29 is 14.3 Å². The van der Waals surface area contributed by atoms with Gasteiger partial charge in [0, 0.05) is 12.1 Å². The van der Waals surface area contributed by atoms with E-state index in [2.05, 4.69) is 15.0 Å². The molecule has 2 aromatic rings. The second kappa shape index (κ2) is 5.44. The summed E-state index contributed by atoms with van der Waals surface area (Å²) in [6.07, 6.45) is 6.23. The summed E-state index contributed by atoms with van der Waals surface area (Å²) in [7, 11) is 0. The van der Waals surface area contributed by atoms with Gasteiger partial charge in [-0.25, -0.2) is 14.8 Å². The van der Waals surface area contributed by atoms with Crippen LogP contribution in [0.25, 0.3) is 11.0 Å². The van der Waals surface area contributed by atoms with E-state index in [0.717, 1.165) is 12.8 Å². The third-order valence-electron chi connectivity index (χ3n) is 5.22. The number of Topliss-reactive ketones (excluding diaryl/α,β-unsaturated/α-hetero) is 1. The molecule has 2 saturated carbocycles. The van der Waals surface area contributed by atoms with Crippen LogP contribution < -0.4 is 0 Å². The molecule has 4 rings (SSSR count). The standard InChI is InChI=1S/C17H19N3O3/c1-9-19-15(12-4-5-18-16(12)20-9)17(22)23-8-14(21)13-7-10-2-3-11(13)6-10/h4-5,10-11,13H,2-3,6-8H2,1H3,(H,18,19,20). The Labute approximate surface area is 133 Å². The van der Waals surface area contributed by atoms with Crippen LogP contribution in [-0.2, 0) is 9.53 Å². The van der Waals surface area contributed by atoms with Crippen molar-refractivity contribution in [2.75, 3.05) is 6.61 Å². The highest BCUT2D eigenvalue weighted by molar-refractivity contribution is 6.01. The fraction of sp³-hybridized carbons (Fsp3) is 0.529. The Bertz CT molecular complexity index is 782. The molecular weight excluding hydrogens is 294 g/mol. The number of fused-ring (bicyclic) bond motifs is 3. The van der Waals surface area contributed by atoms with Gasteiger partial charge in [0.05, 0.1) is 5.39 Å². The third kappa shape index (κ3) is 2.52. The lowest BCUT2D eigenvalue weighted by Crippen LogP contribution is -2.26. The van der Waals surface area contributed by atoms with Crippen molar-refractivity contribution in [3.63, 3.8) is 0 Å². The zero-order chi connectivity index (χ0) is 16.0. The lowest BCUT2D eigenvalue weighted by atomic mass is 9.86. The lowest BCUT2D eigenvalue weighted by molar-refractivity contribution is -0.127. The minimum Gasteiger partial charge on any atom is -0.453 e. The van der Waals surface area contributed by atoms with Crippen LogP contribution in [0.4, 0.5) is 0 Å². The van der Waals surface area contributed by atoms with E-state index in [1.54, 1.807) is 19.2 Å². The van der Waals surface area contributed by atoms with Crippen LogP contribution in [0.3, 0.4) is 0 Å². The molecule has 2 aliphatic rings. The molecule has 3 unspecified atom stereocenters. The molecule has 0 saturated heterocycles. The number of H-pyrrole nitrogens is 1. The second-order valence-corrected chi connectivity index (χ2v) is 6.68. The fourth-order valence-electron chi connectivity index (χ4n) is 4.16. The number of carbonyl (C=O) groups is 2. The molecule has 2 aliphatic carbocycles. The molecule has 120 valence electrons. The molecule has 2 heterocycles. The van der Waals surface area contributed by atoms with Gasteiger partial charge < -0.3 is 9.72 Å². The average Bonchev–Trinajstić information content (AvgIpc) is 3.26. The molecule has 2 bridgehead atoms. The Balaban J connectivity index is 1.45. The quantitative estimate of drug-likeness (QED) is 0.876. The second-order valence-electron chi connectivity index (χ2n) is 6.68. The van der Waals surface area contributed by atoms with Crippen LogP contribution in [-0.4, -0.2) is 33.3 Å². The summed E-state index contributed by atoms with van der Waals surface area (Å²) >= 11 is 0. The highest BCUT2D eigenvalue weighted by Gasteiger charge is 2.43. The Kier molecular flexibility index (Phi) is 3.39. The van der Waals surface area contributed by atoms with Crippen LogP contribution >= 0.6 is 0 Å². The normalized spacial score (nSPS) is 25.9. The van der Waals surface area contributed by atoms with E-state index in [1.807, 2.05) is 0 Å². The van der Waals surface area contributed by atoms with Crippen molar-refractivity contribution in [2.24, 2.45) is 17.8 Å². The van der Waals surface area contributed by atoms with Gasteiger partial charge in [-0.05, 0) is 44.1 Å². The Morgan fingerprint density at radius 2 is 2.17 bits per heavy atom. The van der Waals surface area contributed by atoms with Gasteiger partial charge in [0.1, 0.15) is 11.5 Å². The van der Waals surface area contributed by atoms with Crippen LogP contribution in [0.1, 0.15) is 42.0 Å². The molecular formula is C17H19N3O3. The van der Waals surface area contributed by atoms with Gasteiger partial charge in [-0.2, -0.15) is 0 Å². The average molecular weight is 313 g/mol. The zero-order valence-electron chi connectivity index (χ0n) is 13.0. The van der Waals surface area contributed by atoms with E-state index in [-0.39, 0.29) is 24.0 Å². The van der Waals surface area contributed by atoms with E-state index in [4.69, 9.17) is 4.74 Å². The first-order valence-electron chi connectivity index (χ1n) is 8.13. The monoisotopic (exact) mass is 313 g/mol. The largest absolute Gasteiger partial charge is 0.453 e. The van der Waals surface area contributed by atoms with Crippen molar-refractivity contribution in [2.45, 2.75) is 32.6 Å². The molecule has 0 aliphatic heterocycles. The highest BCUT2D eigenvalue weighted by atomic mass is 16.5. The lowest BCUT2D eigenvalue weighted by Gasteiger charge is -2.19. The number of ketones is 1. The number of hydrogen-bond acceptors (Lipinski definition) is 5. The van der Waals surface area contributed by atoms with E-state index in [0.29, 0.717) is 28.7 Å². The molecule has 2 fully saturated rings. The highest BCUT2D eigenvalue weighted by Crippen LogP contribution is 2.48. The predicted octanol–water partition coefficient (Wildman–Crippen LogP) is 2.43. The van der Waals surface area contributed by atoms with Crippen LogP contribution in [0.5, 0.6) is 0 Å². The smallest absolute Gasteiger partial charge is 0.358 e. The van der Waals surface area contributed by atoms with Crippen molar-refractivity contribution in [3.05, 3.63) is 23.8 Å². The molecule has 0 aromatic carbocycles. The number of hydrogen-bond donors (Lipinski definition) is 1. The maximum absolute atomic E-state index is 12.3. The zero-order valence-corrected chi connectivity index (χ0v) is 13.0. The van der Waals surface area contributed by atoms with Gasteiger partial charge in [-0.1, -0.05) is 6.42 Å². The maximum Gasteiger partial charge on any atom is 0.358 e. The minimum absolute atomic E-state index is 0.0571. The van der Waals surface area contributed by atoms with E-state index >= 15 is 0 Å². The van der Waals surface area contributed by atoms with Crippen LogP contribution in [0, 0.1) is 24.7 Å². The van der Waals surface area contributed by atoms with E-state index < -0.39 is 5.97 Å².